The molecule has 1 saturated heterocycles. The summed E-state index contributed by atoms with van der Waals surface area (Å²) in [7, 11) is 0. The third-order valence-electron chi connectivity index (χ3n) is 4.10. The average molecular weight is 371 g/mol. The van der Waals surface area contributed by atoms with E-state index in [1.165, 1.54) is 6.92 Å². The molecule has 1 aromatic carbocycles. The summed E-state index contributed by atoms with van der Waals surface area (Å²) in [6.45, 7) is 0.774. The Kier molecular flexibility index (Phi) is 5.16. The van der Waals surface area contributed by atoms with E-state index in [1.807, 2.05) is 0 Å². The Morgan fingerprint density at radius 1 is 1.40 bits per heavy atom. The highest BCUT2D eigenvalue weighted by molar-refractivity contribution is 6.31. The molecule has 1 fully saturated rings. The molecule has 2 aromatic rings. The number of halogens is 1. The summed E-state index contributed by atoms with van der Waals surface area (Å²) in [5.74, 6) is 0.00825. The molecule has 9 heteroatoms. The Morgan fingerprint density at radius 2 is 2.16 bits per heavy atom. The number of amides is 1. The molecule has 5 atom stereocenters. The number of hydrogen-bond donors (Lipinski definition) is 5. The fourth-order valence-electron chi connectivity index (χ4n) is 2.87. The van der Waals surface area contributed by atoms with E-state index < -0.39 is 43.2 Å². The number of rotatable bonds is 4. The molecule has 3 rings (SSSR count). The summed E-state index contributed by atoms with van der Waals surface area (Å²) in [5.41, 5.74) is 0.744. The van der Waals surface area contributed by atoms with Gasteiger partial charge < -0.3 is 35.1 Å². The Morgan fingerprint density at radius 3 is 2.84 bits per heavy atom. The topological polar surface area (TPSA) is 124 Å². The molecule has 1 amide bonds. The molecule has 8 nitrogen and oxygen atoms in total. The maximum atomic E-state index is 11.4. The third-order valence-corrected chi connectivity index (χ3v) is 4.33. The lowest BCUT2D eigenvalue weighted by Crippen LogP contribution is -2.65. The standard InChI is InChI=1S/C16H19ClN2O6/c1-7(21)19-13-15(23)14(22)12(6-20)25-16(13)24-11-5-18-10-4-8(17)2-3-9(10)11/h2-5,12-16,18,20,22-23H,6H2,1H3,(H,19,21)/t12-,13-,14+,15-,16+/m1/s1. The fourth-order valence-corrected chi connectivity index (χ4v) is 3.04. The molecule has 1 aliphatic rings. The van der Waals surface area contributed by atoms with E-state index >= 15 is 0 Å². The molecule has 25 heavy (non-hydrogen) atoms. The molecule has 1 aromatic heterocycles. The summed E-state index contributed by atoms with van der Waals surface area (Å²) in [4.78, 5) is 14.4. The Balaban J connectivity index is 1.89. The zero-order valence-corrected chi connectivity index (χ0v) is 14.1. The van der Waals surface area contributed by atoms with Crippen molar-refractivity contribution in [3.8, 4) is 5.75 Å². The van der Waals surface area contributed by atoms with Gasteiger partial charge in [0.25, 0.3) is 0 Å². The highest BCUT2D eigenvalue weighted by Crippen LogP contribution is 2.31. The highest BCUT2D eigenvalue weighted by Gasteiger charge is 2.46. The zero-order chi connectivity index (χ0) is 18.1. The van der Waals surface area contributed by atoms with E-state index in [2.05, 4.69) is 10.3 Å². The maximum absolute atomic E-state index is 11.4. The number of aliphatic hydroxyl groups is 3. The molecule has 0 bridgehead atoms. The quantitative estimate of drug-likeness (QED) is 0.521. The second kappa shape index (κ2) is 7.19. The number of aromatic amines is 1. The van der Waals surface area contributed by atoms with Crippen LogP contribution in [0.2, 0.25) is 5.02 Å². The molecular weight excluding hydrogens is 352 g/mol. The van der Waals surface area contributed by atoms with Crippen LogP contribution in [0.4, 0.5) is 0 Å². The van der Waals surface area contributed by atoms with E-state index in [-0.39, 0.29) is 0 Å². The van der Waals surface area contributed by atoms with Crippen molar-refractivity contribution in [1.29, 1.82) is 0 Å². The highest BCUT2D eigenvalue weighted by atomic mass is 35.5. The molecule has 136 valence electrons. The van der Waals surface area contributed by atoms with Gasteiger partial charge in [0.15, 0.2) is 0 Å². The van der Waals surface area contributed by atoms with Crippen LogP contribution >= 0.6 is 11.6 Å². The minimum absolute atomic E-state index is 0.415. The third kappa shape index (κ3) is 3.58. The molecule has 0 radical (unpaired) electrons. The van der Waals surface area contributed by atoms with E-state index in [0.29, 0.717) is 10.8 Å². The maximum Gasteiger partial charge on any atom is 0.223 e. The smallest absolute Gasteiger partial charge is 0.223 e. The molecule has 0 spiro atoms. The molecular formula is C16H19ClN2O6. The number of H-pyrrole nitrogens is 1. The molecule has 0 saturated carbocycles. The fraction of sp³-hybridized carbons (Fsp3) is 0.438. The summed E-state index contributed by atoms with van der Waals surface area (Å²) >= 11 is 5.95. The summed E-state index contributed by atoms with van der Waals surface area (Å²) in [5, 5.41) is 33.4. The van der Waals surface area contributed by atoms with Gasteiger partial charge in [0.1, 0.15) is 30.1 Å². The Bertz CT molecular complexity index is 766. The van der Waals surface area contributed by atoms with Gasteiger partial charge in [-0.3, -0.25) is 4.79 Å². The Labute approximate surface area is 148 Å². The van der Waals surface area contributed by atoms with Gasteiger partial charge in [0.2, 0.25) is 12.2 Å². The number of hydrogen-bond acceptors (Lipinski definition) is 6. The van der Waals surface area contributed by atoms with Crippen molar-refractivity contribution in [3.05, 3.63) is 29.4 Å². The summed E-state index contributed by atoms with van der Waals surface area (Å²) in [6.07, 6.45) is -3.26. The number of carbonyl (C=O) groups excluding carboxylic acids is 1. The van der Waals surface area contributed by atoms with Crippen molar-refractivity contribution in [2.24, 2.45) is 0 Å². The van der Waals surface area contributed by atoms with Gasteiger partial charge in [-0.2, -0.15) is 0 Å². The van der Waals surface area contributed by atoms with Gasteiger partial charge in [-0.15, -0.1) is 0 Å². The van der Waals surface area contributed by atoms with Crippen LogP contribution < -0.4 is 10.1 Å². The van der Waals surface area contributed by atoms with Crippen molar-refractivity contribution >= 4 is 28.4 Å². The minimum atomic E-state index is -1.36. The van der Waals surface area contributed by atoms with Gasteiger partial charge in [0, 0.05) is 23.5 Å². The molecule has 1 aliphatic heterocycles. The van der Waals surface area contributed by atoms with E-state index in [4.69, 9.17) is 21.1 Å². The second-order valence-electron chi connectivity index (χ2n) is 5.89. The van der Waals surface area contributed by atoms with Crippen molar-refractivity contribution in [2.45, 2.75) is 37.6 Å². The first kappa shape index (κ1) is 18.0. The van der Waals surface area contributed by atoms with Crippen LogP contribution in [-0.4, -0.2) is 63.5 Å². The monoisotopic (exact) mass is 370 g/mol. The van der Waals surface area contributed by atoms with Crippen LogP contribution in [0.5, 0.6) is 5.75 Å². The number of fused-ring (bicyclic) bond motifs is 1. The van der Waals surface area contributed by atoms with Crippen molar-refractivity contribution in [1.82, 2.24) is 10.3 Å². The Hall–Kier alpha value is -1.84. The van der Waals surface area contributed by atoms with Crippen LogP contribution in [0, 0.1) is 0 Å². The summed E-state index contributed by atoms with van der Waals surface area (Å²) in [6, 6.07) is 4.18. The number of aliphatic hydroxyl groups excluding tert-OH is 3. The van der Waals surface area contributed by atoms with Crippen LogP contribution in [-0.2, 0) is 9.53 Å². The van der Waals surface area contributed by atoms with E-state index in [1.54, 1.807) is 24.4 Å². The summed E-state index contributed by atoms with van der Waals surface area (Å²) < 4.78 is 11.4. The first-order valence-electron chi connectivity index (χ1n) is 7.73. The second-order valence-corrected chi connectivity index (χ2v) is 6.33. The first-order chi connectivity index (χ1) is 11.9. The van der Waals surface area contributed by atoms with Crippen molar-refractivity contribution < 1.29 is 29.6 Å². The van der Waals surface area contributed by atoms with Gasteiger partial charge in [0.05, 0.1) is 12.1 Å². The molecule has 0 unspecified atom stereocenters. The normalized spacial score (nSPS) is 29.6. The predicted molar refractivity (Wildman–Crippen MR) is 89.3 cm³/mol. The number of carbonyl (C=O) groups is 1. The first-order valence-corrected chi connectivity index (χ1v) is 8.11. The van der Waals surface area contributed by atoms with E-state index in [0.717, 1.165) is 10.9 Å². The van der Waals surface area contributed by atoms with Gasteiger partial charge in [-0.25, -0.2) is 0 Å². The van der Waals surface area contributed by atoms with Crippen LogP contribution in [0.25, 0.3) is 10.9 Å². The number of ether oxygens (including phenoxy) is 2. The van der Waals surface area contributed by atoms with Crippen molar-refractivity contribution in [2.75, 3.05) is 6.61 Å². The van der Waals surface area contributed by atoms with Gasteiger partial charge in [-0.1, -0.05) is 11.6 Å². The van der Waals surface area contributed by atoms with Crippen molar-refractivity contribution in [3.63, 3.8) is 0 Å². The predicted octanol–water partition coefficient (Wildman–Crippen LogP) is 0.144. The van der Waals surface area contributed by atoms with Crippen LogP contribution in [0.15, 0.2) is 24.4 Å². The number of benzene rings is 1. The van der Waals surface area contributed by atoms with Gasteiger partial charge in [-0.05, 0) is 18.2 Å². The lowest BCUT2D eigenvalue weighted by atomic mass is 9.97. The lowest BCUT2D eigenvalue weighted by Gasteiger charge is -2.41. The number of nitrogens with one attached hydrogen (secondary N) is 2. The number of aromatic nitrogens is 1. The SMILES string of the molecule is CC(=O)N[C@H]1[C@@H](Oc2c[nH]c3cc(Cl)ccc23)O[C@H](CO)[C@H](O)[C@@H]1O. The van der Waals surface area contributed by atoms with E-state index in [9.17, 15) is 20.1 Å². The van der Waals surface area contributed by atoms with Crippen LogP contribution in [0.1, 0.15) is 6.92 Å². The zero-order valence-electron chi connectivity index (χ0n) is 13.3. The van der Waals surface area contributed by atoms with Gasteiger partial charge >= 0.3 is 0 Å². The largest absolute Gasteiger partial charge is 0.460 e. The molecule has 5 N–H and O–H groups in total. The minimum Gasteiger partial charge on any atom is -0.460 e. The molecule has 0 aliphatic carbocycles. The molecule has 2 heterocycles. The average Bonchev–Trinajstić information content (AvgIpc) is 2.96. The lowest BCUT2D eigenvalue weighted by molar-refractivity contribution is -0.244. The van der Waals surface area contributed by atoms with Crippen LogP contribution in [0.3, 0.4) is 0 Å².